The fraction of sp³-hybridized carbons (Fsp3) is 0.400. The molecule has 1 aromatic heterocycles. The molecule has 70 valence electrons. The van der Waals surface area contributed by atoms with Gasteiger partial charge in [0.1, 0.15) is 0 Å². The van der Waals surface area contributed by atoms with Crippen molar-refractivity contribution in [3.05, 3.63) is 21.9 Å². The summed E-state index contributed by atoms with van der Waals surface area (Å²) in [7, 11) is 0. The fourth-order valence-electron chi connectivity index (χ4n) is 0.908. The predicted octanol–water partition coefficient (Wildman–Crippen LogP) is 2.79. The molecule has 0 unspecified atom stereocenters. The van der Waals surface area contributed by atoms with Gasteiger partial charge in [0.05, 0.1) is 9.75 Å². The summed E-state index contributed by atoms with van der Waals surface area (Å²) in [6.07, 6.45) is 0.768. The highest BCUT2D eigenvalue weighted by molar-refractivity contribution is 7.15. The Morgan fingerprint density at radius 1 is 1.38 bits per heavy atom. The number of Topliss-reactive ketones (excluding diaryl/α,β-unsaturated/α-hetero) is 1. The highest BCUT2D eigenvalue weighted by Crippen LogP contribution is 2.25. The van der Waals surface area contributed by atoms with Crippen LogP contribution in [0.5, 0.6) is 0 Å². The summed E-state index contributed by atoms with van der Waals surface area (Å²) < 4.78 is 0. The molecular formula is C10H12O2S. The quantitative estimate of drug-likeness (QED) is 0.538. The smallest absolute Gasteiger partial charge is 0.178 e. The Kier molecular flexibility index (Phi) is 2.66. The van der Waals surface area contributed by atoms with Gasteiger partial charge in [-0.25, -0.2) is 0 Å². The van der Waals surface area contributed by atoms with E-state index in [1.54, 1.807) is 12.1 Å². The fourth-order valence-corrected chi connectivity index (χ4v) is 1.88. The standard InChI is InChI=1S/C10H12O2S/c1-10(2,3)9(12)8-5-4-7(6-11)13-8/h4-6H,1-3H3. The molecule has 1 aromatic rings. The molecule has 0 amide bonds. The molecular weight excluding hydrogens is 184 g/mol. The van der Waals surface area contributed by atoms with Crippen LogP contribution >= 0.6 is 11.3 Å². The molecule has 2 nitrogen and oxygen atoms in total. The Balaban J connectivity index is 2.96. The number of hydrogen-bond donors (Lipinski definition) is 0. The first-order valence-corrected chi connectivity index (χ1v) is 4.86. The van der Waals surface area contributed by atoms with Gasteiger partial charge in [-0.05, 0) is 12.1 Å². The monoisotopic (exact) mass is 196 g/mol. The largest absolute Gasteiger partial charge is 0.297 e. The first kappa shape index (κ1) is 10.1. The van der Waals surface area contributed by atoms with Crippen LogP contribution in [0, 0.1) is 5.41 Å². The molecule has 0 saturated heterocycles. The molecule has 1 rings (SSSR count). The van der Waals surface area contributed by atoms with Gasteiger partial charge in [0.2, 0.25) is 0 Å². The summed E-state index contributed by atoms with van der Waals surface area (Å²) in [5.74, 6) is 0.0885. The van der Waals surface area contributed by atoms with Gasteiger partial charge < -0.3 is 0 Å². The zero-order chi connectivity index (χ0) is 10.1. The van der Waals surface area contributed by atoms with Crippen LogP contribution in [0.3, 0.4) is 0 Å². The lowest BCUT2D eigenvalue weighted by Gasteiger charge is -2.14. The topological polar surface area (TPSA) is 34.1 Å². The molecule has 0 aliphatic rings. The van der Waals surface area contributed by atoms with Crippen molar-refractivity contribution in [3.63, 3.8) is 0 Å². The normalized spacial score (nSPS) is 11.3. The summed E-state index contributed by atoms with van der Waals surface area (Å²) >= 11 is 1.25. The van der Waals surface area contributed by atoms with Crippen molar-refractivity contribution in [2.75, 3.05) is 0 Å². The highest BCUT2D eigenvalue weighted by Gasteiger charge is 2.23. The second-order valence-electron chi connectivity index (χ2n) is 3.90. The van der Waals surface area contributed by atoms with Crippen LogP contribution in [0.4, 0.5) is 0 Å². The number of rotatable bonds is 2. The van der Waals surface area contributed by atoms with Crippen LogP contribution in [-0.2, 0) is 0 Å². The second-order valence-corrected chi connectivity index (χ2v) is 5.01. The molecule has 0 fully saturated rings. The summed E-state index contributed by atoms with van der Waals surface area (Å²) in [4.78, 5) is 23.3. The van der Waals surface area contributed by atoms with Crippen LogP contribution < -0.4 is 0 Å². The van der Waals surface area contributed by atoms with Crippen LogP contribution in [-0.4, -0.2) is 12.1 Å². The molecule has 0 saturated carbocycles. The van der Waals surface area contributed by atoms with Crippen LogP contribution in [0.1, 0.15) is 40.1 Å². The van der Waals surface area contributed by atoms with Crippen molar-refractivity contribution in [1.29, 1.82) is 0 Å². The first-order chi connectivity index (χ1) is 5.95. The predicted molar refractivity (Wildman–Crippen MR) is 53.5 cm³/mol. The van der Waals surface area contributed by atoms with E-state index in [9.17, 15) is 9.59 Å². The summed E-state index contributed by atoms with van der Waals surface area (Å²) in [6.45, 7) is 5.61. The third kappa shape index (κ3) is 2.25. The number of hydrogen-bond acceptors (Lipinski definition) is 3. The maximum Gasteiger partial charge on any atom is 0.178 e. The molecule has 0 aromatic carbocycles. The van der Waals surface area contributed by atoms with Crippen molar-refractivity contribution < 1.29 is 9.59 Å². The Hall–Kier alpha value is -0.960. The van der Waals surface area contributed by atoms with Gasteiger partial charge in [-0.3, -0.25) is 9.59 Å². The van der Waals surface area contributed by atoms with Gasteiger partial charge in [-0.2, -0.15) is 0 Å². The molecule has 1 heterocycles. The molecule has 13 heavy (non-hydrogen) atoms. The van der Waals surface area contributed by atoms with Crippen molar-refractivity contribution in [2.45, 2.75) is 20.8 Å². The molecule has 0 atom stereocenters. The minimum Gasteiger partial charge on any atom is -0.297 e. The second kappa shape index (κ2) is 3.42. The SMILES string of the molecule is CC(C)(C)C(=O)c1ccc(C=O)s1. The van der Waals surface area contributed by atoms with Crippen molar-refractivity contribution in [2.24, 2.45) is 5.41 Å². The summed E-state index contributed by atoms with van der Waals surface area (Å²) in [5.41, 5.74) is -0.370. The van der Waals surface area contributed by atoms with Gasteiger partial charge in [-0.15, -0.1) is 11.3 Å². The van der Waals surface area contributed by atoms with Gasteiger partial charge in [0.15, 0.2) is 12.1 Å². The van der Waals surface area contributed by atoms with Crippen molar-refractivity contribution in [3.8, 4) is 0 Å². The van der Waals surface area contributed by atoms with Crippen LogP contribution in [0.15, 0.2) is 12.1 Å². The Labute approximate surface area is 81.6 Å². The van der Waals surface area contributed by atoms with Crippen LogP contribution in [0.2, 0.25) is 0 Å². The van der Waals surface area contributed by atoms with Gasteiger partial charge >= 0.3 is 0 Å². The molecule has 0 bridgehead atoms. The minimum atomic E-state index is -0.370. The van der Waals surface area contributed by atoms with Gasteiger partial charge in [0, 0.05) is 5.41 Å². The third-order valence-electron chi connectivity index (χ3n) is 1.65. The van der Waals surface area contributed by atoms with Crippen LogP contribution in [0.25, 0.3) is 0 Å². The van der Waals surface area contributed by atoms with E-state index in [1.165, 1.54) is 11.3 Å². The van der Waals surface area contributed by atoms with E-state index in [-0.39, 0.29) is 11.2 Å². The number of thiophene rings is 1. The zero-order valence-electron chi connectivity index (χ0n) is 7.96. The minimum absolute atomic E-state index is 0.0885. The molecule has 0 aliphatic carbocycles. The Morgan fingerprint density at radius 3 is 2.38 bits per heavy atom. The molecule has 0 radical (unpaired) electrons. The van der Waals surface area contributed by atoms with E-state index in [0.29, 0.717) is 9.75 Å². The third-order valence-corrected chi connectivity index (χ3v) is 2.66. The zero-order valence-corrected chi connectivity index (χ0v) is 8.77. The Morgan fingerprint density at radius 2 is 2.00 bits per heavy atom. The van der Waals surface area contributed by atoms with E-state index < -0.39 is 0 Å². The lowest BCUT2D eigenvalue weighted by Crippen LogP contribution is -2.18. The van der Waals surface area contributed by atoms with E-state index in [0.717, 1.165) is 6.29 Å². The van der Waals surface area contributed by atoms with Gasteiger partial charge in [-0.1, -0.05) is 20.8 Å². The van der Waals surface area contributed by atoms with E-state index >= 15 is 0 Å². The number of carbonyl (C=O) groups is 2. The summed E-state index contributed by atoms with van der Waals surface area (Å²) in [5, 5.41) is 0. The van der Waals surface area contributed by atoms with Gasteiger partial charge in [0.25, 0.3) is 0 Å². The maximum atomic E-state index is 11.7. The first-order valence-electron chi connectivity index (χ1n) is 4.05. The number of aldehydes is 1. The average molecular weight is 196 g/mol. The van der Waals surface area contributed by atoms with Crippen molar-refractivity contribution in [1.82, 2.24) is 0 Å². The van der Waals surface area contributed by atoms with E-state index in [2.05, 4.69) is 0 Å². The Bertz CT molecular complexity index is 331. The lowest BCUT2D eigenvalue weighted by atomic mass is 9.90. The lowest BCUT2D eigenvalue weighted by molar-refractivity contribution is 0.0862. The van der Waals surface area contributed by atoms with E-state index in [1.807, 2.05) is 20.8 Å². The highest BCUT2D eigenvalue weighted by atomic mass is 32.1. The molecule has 0 N–H and O–H groups in total. The van der Waals surface area contributed by atoms with Crippen molar-refractivity contribution >= 4 is 23.4 Å². The summed E-state index contributed by atoms with van der Waals surface area (Å²) in [6, 6.07) is 3.39. The maximum absolute atomic E-state index is 11.7. The number of ketones is 1. The number of carbonyl (C=O) groups excluding carboxylic acids is 2. The average Bonchev–Trinajstić information content (AvgIpc) is 2.48. The molecule has 3 heteroatoms. The molecule has 0 aliphatic heterocycles. The molecule has 0 spiro atoms. The van der Waals surface area contributed by atoms with E-state index in [4.69, 9.17) is 0 Å².